The van der Waals surface area contributed by atoms with Crippen LogP contribution in [0.15, 0.2) is 23.1 Å². The van der Waals surface area contributed by atoms with E-state index in [1.54, 1.807) is 12.4 Å². The molecule has 0 atom stereocenters. The fourth-order valence-electron chi connectivity index (χ4n) is 1.000. The Morgan fingerprint density at radius 2 is 2.08 bits per heavy atom. The number of aromatic nitrogens is 3. The number of rotatable bonds is 0. The molecule has 0 amide bonds. The van der Waals surface area contributed by atoms with Gasteiger partial charge in [-0.05, 0) is 28.9 Å². The maximum atomic E-state index is 4.22. The van der Waals surface area contributed by atoms with Crippen LogP contribution in [-0.2, 0) is 0 Å². The highest BCUT2D eigenvalue weighted by Crippen LogP contribution is 2.13. The molecule has 2 rings (SSSR count). The SMILES string of the molecule is Cc1ncc2cc(Br)ncc2n1. The van der Waals surface area contributed by atoms with Gasteiger partial charge in [-0.1, -0.05) is 0 Å². The van der Waals surface area contributed by atoms with E-state index in [0.717, 1.165) is 21.3 Å². The Labute approximate surface area is 78.0 Å². The third kappa shape index (κ3) is 1.30. The minimum atomic E-state index is 0.770. The first-order valence-corrected chi connectivity index (χ1v) is 4.30. The van der Waals surface area contributed by atoms with Gasteiger partial charge in [0.15, 0.2) is 0 Å². The van der Waals surface area contributed by atoms with Crippen molar-refractivity contribution in [1.29, 1.82) is 0 Å². The molecule has 0 saturated carbocycles. The summed E-state index contributed by atoms with van der Waals surface area (Å²) in [7, 11) is 0. The molecule has 0 fully saturated rings. The Hall–Kier alpha value is -1.03. The average Bonchev–Trinajstić information content (AvgIpc) is 2.05. The number of hydrogen-bond acceptors (Lipinski definition) is 3. The lowest BCUT2D eigenvalue weighted by atomic mass is 10.3. The molecule has 0 aromatic carbocycles. The van der Waals surface area contributed by atoms with Crippen molar-refractivity contribution < 1.29 is 0 Å². The predicted molar refractivity (Wildman–Crippen MR) is 49.8 cm³/mol. The summed E-state index contributed by atoms with van der Waals surface area (Å²) < 4.78 is 0.808. The molecule has 60 valence electrons. The fourth-order valence-corrected chi connectivity index (χ4v) is 1.35. The van der Waals surface area contributed by atoms with Crippen molar-refractivity contribution in [3.63, 3.8) is 0 Å². The lowest BCUT2D eigenvalue weighted by Crippen LogP contribution is -1.88. The van der Waals surface area contributed by atoms with Gasteiger partial charge in [-0.25, -0.2) is 15.0 Å². The Morgan fingerprint density at radius 3 is 2.92 bits per heavy atom. The van der Waals surface area contributed by atoms with Gasteiger partial charge in [-0.2, -0.15) is 0 Å². The van der Waals surface area contributed by atoms with Gasteiger partial charge in [0, 0.05) is 11.6 Å². The van der Waals surface area contributed by atoms with Crippen molar-refractivity contribution >= 4 is 26.8 Å². The summed E-state index contributed by atoms with van der Waals surface area (Å²) in [5.74, 6) is 0.770. The van der Waals surface area contributed by atoms with Crippen LogP contribution in [0.3, 0.4) is 0 Å². The zero-order valence-electron chi connectivity index (χ0n) is 6.45. The number of pyridine rings is 1. The van der Waals surface area contributed by atoms with E-state index in [0.29, 0.717) is 0 Å². The highest BCUT2D eigenvalue weighted by molar-refractivity contribution is 9.10. The zero-order valence-corrected chi connectivity index (χ0v) is 8.04. The van der Waals surface area contributed by atoms with Crippen LogP contribution in [0.1, 0.15) is 5.82 Å². The third-order valence-corrected chi connectivity index (χ3v) is 1.99. The lowest BCUT2D eigenvalue weighted by Gasteiger charge is -1.96. The van der Waals surface area contributed by atoms with E-state index in [2.05, 4.69) is 30.9 Å². The lowest BCUT2D eigenvalue weighted by molar-refractivity contribution is 1.08. The maximum absolute atomic E-state index is 4.22. The van der Waals surface area contributed by atoms with Crippen LogP contribution >= 0.6 is 15.9 Å². The highest BCUT2D eigenvalue weighted by atomic mass is 79.9. The number of fused-ring (bicyclic) bond motifs is 1. The minimum Gasteiger partial charge on any atom is -0.247 e. The first-order valence-electron chi connectivity index (χ1n) is 3.50. The summed E-state index contributed by atoms with van der Waals surface area (Å²) in [6, 6.07) is 1.90. The molecule has 12 heavy (non-hydrogen) atoms. The van der Waals surface area contributed by atoms with Crippen molar-refractivity contribution in [2.45, 2.75) is 6.92 Å². The molecule has 0 saturated heterocycles. The van der Waals surface area contributed by atoms with Crippen LogP contribution in [0.4, 0.5) is 0 Å². The van der Waals surface area contributed by atoms with Gasteiger partial charge in [-0.15, -0.1) is 0 Å². The minimum absolute atomic E-state index is 0.770. The number of hydrogen-bond donors (Lipinski definition) is 0. The third-order valence-electron chi connectivity index (χ3n) is 1.55. The normalized spacial score (nSPS) is 10.5. The Bertz CT molecular complexity index is 386. The zero-order chi connectivity index (χ0) is 8.55. The molecule has 0 aliphatic rings. The van der Waals surface area contributed by atoms with Crippen LogP contribution in [0.5, 0.6) is 0 Å². The molecule has 0 unspecified atom stereocenters. The van der Waals surface area contributed by atoms with Crippen LogP contribution in [0.2, 0.25) is 0 Å². The molecule has 0 aliphatic carbocycles. The molecule has 0 radical (unpaired) electrons. The number of halogens is 1. The smallest absolute Gasteiger partial charge is 0.125 e. The summed E-state index contributed by atoms with van der Waals surface area (Å²) in [4.78, 5) is 12.4. The van der Waals surface area contributed by atoms with Gasteiger partial charge in [-0.3, -0.25) is 0 Å². The van der Waals surface area contributed by atoms with Gasteiger partial charge in [0.05, 0.1) is 11.7 Å². The van der Waals surface area contributed by atoms with Crippen LogP contribution in [-0.4, -0.2) is 15.0 Å². The Kier molecular flexibility index (Phi) is 1.77. The van der Waals surface area contributed by atoms with Crippen LogP contribution in [0, 0.1) is 6.92 Å². The van der Waals surface area contributed by atoms with E-state index in [-0.39, 0.29) is 0 Å². The molecule has 0 spiro atoms. The molecule has 2 aromatic rings. The Morgan fingerprint density at radius 1 is 1.25 bits per heavy atom. The van der Waals surface area contributed by atoms with Gasteiger partial charge in [0.25, 0.3) is 0 Å². The molecule has 0 aliphatic heterocycles. The largest absolute Gasteiger partial charge is 0.247 e. The summed E-state index contributed by atoms with van der Waals surface area (Å²) in [5, 5.41) is 1.00. The molecule has 0 N–H and O–H groups in total. The van der Waals surface area contributed by atoms with E-state index >= 15 is 0 Å². The van der Waals surface area contributed by atoms with E-state index in [9.17, 15) is 0 Å². The van der Waals surface area contributed by atoms with E-state index in [1.807, 2.05) is 13.0 Å². The topological polar surface area (TPSA) is 38.7 Å². The van der Waals surface area contributed by atoms with Crippen molar-refractivity contribution in [1.82, 2.24) is 15.0 Å². The summed E-state index contributed by atoms with van der Waals surface area (Å²) in [6.07, 6.45) is 3.53. The first-order chi connectivity index (χ1) is 5.75. The maximum Gasteiger partial charge on any atom is 0.125 e. The summed E-state index contributed by atoms with van der Waals surface area (Å²) in [5.41, 5.74) is 0.880. The molecule has 2 aromatic heterocycles. The van der Waals surface area contributed by atoms with E-state index in [1.165, 1.54) is 0 Å². The second-order valence-electron chi connectivity index (χ2n) is 2.48. The first kappa shape index (κ1) is 7.61. The van der Waals surface area contributed by atoms with Crippen molar-refractivity contribution in [2.75, 3.05) is 0 Å². The molecule has 4 heteroatoms. The monoisotopic (exact) mass is 223 g/mol. The number of aryl methyl sites for hydroxylation is 1. The number of nitrogens with zero attached hydrogens (tertiary/aromatic N) is 3. The molecule has 0 bridgehead atoms. The van der Waals surface area contributed by atoms with E-state index < -0.39 is 0 Å². The van der Waals surface area contributed by atoms with Crippen LogP contribution < -0.4 is 0 Å². The van der Waals surface area contributed by atoms with Crippen LogP contribution in [0.25, 0.3) is 10.9 Å². The van der Waals surface area contributed by atoms with Gasteiger partial charge < -0.3 is 0 Å². The van der Waals surface area contributed by atoms with Gasteiger partial charge in [0.2, 0.25) is 0 Å². The van der Waals surface area contributed by atoms with Crippen molar-refractivity contribution in [3.05, 3.63) is 28.9 Å². The van der Waals surface area contributed by atoms with Crippen molar-refractivity contribution in [3.8, 4) is 0 Å². The summed E-state index contributed by atoms with van der Waals surface area (Å²) >= 11 is 3.28. The Balaban J connectivity index is 2.79. The van der Waals surface area contributed by atoms with Crippen molar-refractivity contribution in [2.24, 2.45) is 0 Å². The van der Waals surface area contributed by atoms with Gasteiger partial charge in [0.1, 0.15) is 10.4 Å². The second kappa shape index (κ2) is 2.79. The van der Waals surface area contributed by atoms with E-state index in [4.69, 9.17) is 0 Å². The quantitative estimate of drug-likeness (QED) is 0.643. The second-order valence-corrected chi connectivity index (χ2v) is 3.30. The van der Waals surface area contributed by atoms with Gasteiger partial charge >= 0.3 is 0 Å². The summed E-state index contributed by atoms with van der Waals surface area (Å²) in [6.45, 7) is 1.86. The molecule has 3 nitrogen and oxygen atoms in total. The molecular formula is C8H6BrN3. The predicted octanol–water partition coefficient (Wildman–Crippen LogP) is 2.10. The standard InChI is InChI=1S/C8H6BrN3/c1-5-10-3-6-2-8(9)11-4-7(6)12-5/h2-4H,1H3. The highest BCUT2D eigenvalue weighted by Gasteiger charge is 1.96. The fraction of sp³-hybridized carbons (Fsp3) is 0.125. The molecule has 2 heterocycles. The molecular weight excluding hydrogens is 218 g/mol. The average molecular weight is 224 g/mol.